The molecule has 0 aromatic carbocycles. The molecule has 2 aliphatic heterocycles. The molecule has 1 amide bonds. The van der Waals surface area contributed by atoms with Gasteiger partial charge in [-0.15, -0.1) is 0 Å². The Bertz CT molecular complexity index is 319. The summed E-state index contributed by atoms with van der Waals surface area (Å²) in [5, 5.41) is 3.37. The lowest BCUT2D eigenvalue weighted by Crippen LogP contribution is -2.42. The van der Waals surface area contributed by atoms with E-state index in [4.69, 9.17) is 0 Å². The number of rotatable bonds is 6. The zero-order chi connectivity index (χ0) is 14.5. The lowest BCUT2D eigenvalue weighted by Gasteiger charge is -2.33. The molecule has 0 aromatic heterocycles. The van der Waals surface area contributed by atoms with Gasteiger partial charge in [-0.05, 0) is 39.2 Å². The topological polar surface area (TPSA) is 35.6 Å². The van der Waals surface area contributed by atoms with Gasteiger partial charge in [0.15, 0.2) is 0 Å². The van der Waals surface area contributed by atoms with Gasteiger partial charge in [-0.3, -0.25) is 4.79 Å². The van der Waals surface area contributed by atoms with Gasteiger partial charge in [0.2, 0.25) is 5.91 Å². The summed E-state index contributed by atoms with van der Waals surface area (Å²) in [6, 6.07) is 1.18. The fourth-order valence-electron chi connectivity index (χ4n) is 3.47. The predicted molar refractivity (Wildman–Crippen MR) is 82.8 cm³/mol. The highest BCUT2D eigenvalue weighted by atomic mass is 16.2. The summed E-state index contributed by atoms with van der Waals surface area (Å²) < 4.78 is 0. The van der Waals surface area contributed by atoms with E-state index in [1.807, 2.05) is 0 Å². The Balaban J connectivity index is 1.68. The van der Waals surface area contributed by atoms with E-state index < -0.39 is 0 Å². The van der Waals surface area contributed by atoms with Crippen molar-refractivity contribution in [2.45, 2.75) is 71.0 Å². The number of likely N-dealkylation sites (tertiary alicyclic amines) is 2. The SMILES string of the molecule is CC(C)NC1CCN(CCCN2CCCCC2C)C1=O. The van der Waals surface area contributed by atoms with E-state index in [-0.39, 0.29) is 6.04 Å². The highest BCUT2D eigenvalue weighted by Gasteiger charge is 2.31. The molecule has 4 heteroatoms. The van der Waals surface area contributed by atoms with Crippen LogP contribution in [0, 0.1) is 0 Å². The minimum atomic E-state index is 0.0592. The van der Waals surface area contributed by atoms with Crippen LogP contribution in [0.15, 0.2) is 0 Å². The molecule has 2 rings (SSSR count). The molecule has 0 saturated carbocycles. The third-order valence-electron chi connectivity index (χ3n) is 4.65. The van der Waals surface area contributed by atoms with E-state index >= 15 is 0 Å². The van der Waals surface area contributed by atoms with Crippen LogP contribution in [0.4, 0.5) is 0 Å². The van der Waals surface area contributed by atoms with E-state index in [1.165, 1.54) is 25.8 Å². The second kappa shape index (κ2) is 7.41. The second-order valence-electron chi connectivity index (χ2n) is 6.72. The van der Waals surface area contributed by atoms with E-state index in [0.717, 1.165) is 38.5 Å². The summed E-state index contributed by atoms with van der Waals surface area (Å²) in [7, 11) is 0. The lowest BCUT2D eigenvalue weighted by atomic mass is 10.0. The van der Waals surface area contributed by atoms with Gasteiger partial charge in [0.25, 0.3) is 0 Å². The van der Waals surface area contributed by atoms with Gasteiger partial charge in [0, 0.05) is 31.7 Å². The first-order chi connectivity index (χ1) is 9.58. The third kappa shape index (κ3) is 4.19. The van der Waals surface area contributed by atoms with Crippen molar-refractivity contribution in [1.29, 1.82) is 0 Å². The molecular weight excluding hydrogens is 250 g/mol. The molecule has 116 valence electrons. The van der Waals surface area contributed by atoms with Gasteiger partial charge >= 0.3 is 0 Å². The first-order valence-electron chi connectivity index (χ1n) is 8.37. The summed E-state index contributed by atoms with van der Waals surface area (Å²) in [4.78, 5) is 16.9. The minimum absolute atomic E-state index is 0.0592. The maximum absolute atomic E-state index is 12.2. The molecule has 0 bridgehead atoms. The van der Waals surface area contributed by atoms with Crippen LogP contribution < -0.4 is 5.32 Å². The normalized spacial score (nSPS) is 28.6. The number of hydrogen-bond donors (Lipinski definition) is 1. The standard InChI is InChI=1S/C16H31N3O/c1-13(2)17-15-8-12-19(16(15)20)11-6-10-18-9-5-4-7-14(18)3/h13-15,17H,4-12H2,1-3H3. The molecule has 4 nitrogen and oxygen atoms in total. The molecule has 2 fully saturated rings. The third-order valence-corrected chi connectivity index (χ3v) is 4.65. The maximum atomic E-state index is 12.2. The Labute approximate surface area is 123 Å². The first kappa shape index (κ1) is 15.8. The van der Waals surface area contributed by atoms with Crippen LogP contribution in [0.2, 0.25) is 0 Å². The maximum Gasteiger partial charge on any atom is 0.239 e. The molecule has 1 N–H and O–H groups in total. The number of nitrogens with zero attached hydrogens (tertiary/aromatic N) is 2. The van der Waals surface area contributed by atoms with Crippen LogP contribution in [0.5, 0.6) is 0 Å². The molecule has 2 atom stereocenters. The molecule has 2 saturated heterocycles. The fourth-order valence-corrected chi connectivity index (χ4v) is 3.47. The van der Waals surface area contributed by atoms with Gasteiger partial charge in [0.05, 0.1) is 6.04 Å². The highest BCUT2D eigenvalue weighted by molar-refractivity contribution is 5.83. The van der Waals surface area contributed by atoms with E-state index in [0.29, 0.717) is 11.9 Å². The summed E-state index contributed by atoms with van der Waals surface area (Å²) >= 11 is 0. The molecule has 20 heavy (non-hydrogen) atoms. The molecule has 2 unspecified atom stereocenters. The molecule has 0 aromatic rings. The van der Waals surface area contributed by atoms with Crippen molar-refractivity contribution in [3.8, 4) is 0 Å². The average molecular weight is 281 g/mol. The van der Waals surface area contributed by atoms with E-state index in [2.05, 4.69) is 35.9 Å². The summed E-state index contributed by atoms with van der Waals surface area (Å²) in [5.41, 5.74) is 0. The number of piperidine rings is 1. The molecule has 0 radical (unpaired) electrons. The van der Waals surface area contributed by atoms with Crippen LogP contribution in [0.25, 0.3) is 0 Å². The van der Waals surface area contributed by atoms with Crippen molar-refractivity contribution in [2.75, 3.05) is 26.2 Å². The smallest absolute Gasteiger partial charge is 0.239 e. The molecule has 2 heterocycles. The van der Waals surface area contributed by atoms with Crippen LogP contribution in [0.3, 0.4) is 0 Å². The van der Waals surface area contributed by atoms with Gasteiger partial charge < -0.3 is 15.1 Å². The fraction of sp³-hybridized carbons (Fsp3) is 0.938. The number of hydrogen-bond acceptors (Lipinski definition) is 3. The molecular formula is C16H31N3O. The quantitative estimate of drug-likeness (QED) is 0.807. The Kier molecular flexibility index (Phi) is 5.85. The Morgan fingerprint density at radius 1 is 1.20 bits per heavy atom. The van der Waals surface area contributed by atoms with Crippen LogP contribution in [0.1, 0.15) is 52.9 Å². The lowest BCUT2D eigenvalue weighted by molar-refractivity contribution is -0.129. The Hall–Kier alpha value is -0.610. The van der Waals surface area contributed by atoms with Crippen LogP contribution in [-0.2, 0) is 4.79 Å². The van der Waals surface area contributed by atoms with Crippen molar-refractivity contribution in [3.05, 3.63) is 0 Å². The van der Waals surface area contributed by atoms with Crippen molar-refractivity contribution in [2.24, 2.45) is 0 Å². The van der Waals surface area contributed by atoms with E-state index in [1.54, 1.807) is 0 Å². The van der Waals surface area contributed by atoms with E-state index in [9.17, 15) is 4.79 Å². The van der Waals surface area contributed by atoms with Crippen molar-refractivity contribution < 1.29 is 4.79 Å². The number of carbonyl (C=O) groups excluding carboxylic acids is 1. The highest BCUT2D eigenvalue weighted by Crippen LogP contribution is 2.17. The van der Waals surface area contributed by atoms with Crippen LogP contribution in [-0.4, -0.2) is 60.0 Å². The van der Waals surface area contributed by atoms with Crippen molar-refractivity contribution >= 4 is 5.91 Å². The molecule has 0 spiro atoms. The zero-order valence-electron chi connectivity index (χ0n) is 13.4. The molecule has 2 aliphatic rings. The number of carbonyl (C=O) groups is 1. The van der Waals surface area contributed by atoms with Gasteiger partial charge in [0.1, 0.15) is 0 Å². The predicted octanol–water partition coefficient (Wildman–Crippen LogP) is 1.85. The summed E-state index contributed by atoms with van der Waals surface area (Å²) in [6.07, 6.45) is 6.14. The minimum Gasteiger partial charge on any atom is -0.341 e. The largest absolute Gasteiger partial charge is 0.341 e. The number of amides is 1. The summed E-state index contributed by atoms with van der Waals surface area (Å²) in [6.45, 7) is 10.8. The van der Waals surface area contributed by atoms with Gasteiger partial charge in [-0.2, -0.15) is 0 Å². The van der Waals surface area contributed by atoms with Crippen molar-refractivity contribution in [1.82, 2.24) is 15.1 Å². The Morgan fingerprint density at radius 3 is 2.70 bits per heavy atom. The van der Waals surface area contributed by atoms with Crippen molar-refractivity contribution in [3.63, 3.8) is 0 Å². The Morgan fingerprint density at radius 2 is 2.00 bits per heavy atom. The van der Waals surface area contributed by atoms with Gasteiger partial charge in [-0.25, -0.2) is 0 Å². The monoisotopic (exact) mass is 281 g/mol. The molecule has 0 aliphatic carbocycles. The first-order valence-corrected chi connectivity index (χ1v) is 8.37. The van der Waals surface area contributed by atoms with Gasteiger partial charge in [-0.1, -0.05) is 20.3 Å². The zero-order valence-corrected chi connectivity index (χ0v) is 13.4. The number of nitrogens with one attached hydrogen (secondary N) is 1. The second-order valence-corrected chi connectivity index (χ2v) is 6.72. The summed E-state index contributed by atoms with van der Waals surface area (Å²) in [5.74, 6) is 0.311. The van der Waals surface area contributed by atoms with Crippen LogP contribution >= 0.6 is 0 Å². The average Bonchev–Trinajstić information content (AvgIpc) is 2.73.